The van der Waals surface area contributed by atoms with E-state index in [-0.39, 0.29) is 24.1 Å². The zero-order chi connectivity index (χ0) is 27.8. The Morgan fingerprint density at radius 3 is 2.72 bits per heavy atom. The minimum absolute atomic E-state index is 0.117. The summed E-state index contributed by atoms with van der Waals surface area (Å²) in [4.78, 5) is 26.1. The van der Waals surface area contributed by atoms with Crippen LogP contribution in [0.4, 0.5) is 4.39 Å². The Kier molecular flexibility index (Phi) is 9.96. The number of terminal acetylenes is 1. The van der Waals surface area contributed by atoms with E-state index >= 15 is 0 Å². The Labute approximate surface area is 229 Å². The molecule has 1 aliphatic carbocycles. The number of aryl methyl sites for hydroxylation is 2. The summed E-state index contributed by atoms with van der Waals surface area (Å²) >= 11 is 0. The number of halogens is 1. The second-order valence-corrected chi connectivity index (χ2v) is 10.4. The van der Waals surface area contributed by atoms with Gasteiger partial charge in [0.15, 0.2) is 6.23 Å². The molecule has 2 aromatic rings. The summed E-state index contributed by atoms with van der Waals surface area (Å²) in [5.74, 6) is 0.352. The van der Waals surface area contributed by atoms with E-state index in [2.05, 4.69) is 40.9 Å². The molecule has 39 heavy (non-hydrogen) atoms. The van der Waals surface area contributed by atoms with Crippen LogP contribution in [0, 0.1) is 35.9 Å². The number of ether oxygens (including phenoxy) is 1. The number of carbonyl (C=O) groups is 2. The van der Waals surface area contributed by atoms with Gasteiger partial charge >= 0.3 is 0 Å². The van der Waals surface area contributed by atoms with Gasteiger partial charge in [-0.1, -0.05) is 37.6 Å². The molecule has 1 saturated carbocycles. The molecule has 208 valence electrons. The quantitative estimate of drug-likeness (QED) is 0.409. The van der Waals surface area contributed by atoms with Gasteiger partial charge in [-0.2, -0.15) is 0 Å². The molecule has 0 saturated heterocycles. The third-order valence-corrected chi connectivity index (χ3v) is 7.48. The molecule has 1 heterocycles. The monoisotopic (exact) mass is 535 g/mol. The van der Waals surface area contributed by atoms with Crippen LogP contribution < -0.4 is 20.7 Å². The first-order chi connectivity index (χ1) is 18.9. The standard InChI is InChI=1S/C31H38FN3O4/c1-3-9-25-27-28(25)30(38)35-31(26(36)19-33-18-22-12-8-11-20(4-2)14-22)39-24-16-21(15-23(32)17-24)10-6-5-7-13-34-29(27)37/h1,8,11-12,14-17,25-28,31,33,36H,4-7,9-10,13,18-19H2,2H3,(H,34,37)(H,35,38). The van der Waals surface area contributed by atoms with E-state index in [1.807, 2.05) is 12.1 Å². The number of benzene rings is 2. The highest BCUT2D eigenvalue weighted by Crippen LogP contribution is 2.49. The average Bonchev–Trinajstić information content (AvgIpc) is 3.63. The number of rotatable bonds is 7. The van der Waals surface area contributed by atoms with Crippen molar-refractivity contribution in [2.75, 3.05) is 13.1 Å². The second-order valence-electron chi connectivity index (χ2n) is 10.4. The maximum atomic E-state index is 14.4. The molecule has 2 bridgehead atoms. The van der Waals surface area contributed by atoms with E-state index in [1.54, 1.807) is 6.07 Å². The first kappa shape index (κ1) is 28.6. The van der Waals surface area contributed by atoms with E-state index in [0.717, 1.165) is 36.8 Å². The maximum Gasteiger partial charge on any atom is 0.227 e. The van der Waals surface area contributed by atoms with Gasteiger partial charge in [-0.25, -0.2) is 4.39 Å². The van der Waals surface area contributed by atoms with Crippen LogP contribution in [0.1, 0.15) is 49.3 Å². The molecule has 5 atom stereocenters. The Balaban J connectivity index is 1.51. The molecule has 0 radical (unpaired) electrons. The van der Waals surface area contributed by atoms with Crippen molar-refractivity contribution >= 4 is 11.8 Å². The Morgan fingerprint density at radius 1 is 1.13 bits per heavy atom. The highest BCUT2D eigenvalue weighted by Gasteiger charge is 2.58. The molecule has 4 rings (SSSR count). The highest BCUT2D eigenvalue weighted by molar-refractivity contribution is 5.93. The van der Waals surface area contributed by atoms with E-state index < -0.39 is 35.9 Å². The molecule has 0 aromatic heterocycles. The van der Waals surface area contributed by atoms with Crippen LogP contribution in [0.3, 0.4) is 0 Å². The number of amides is 2. The summed E-state index contributed by atoms with van der Waals surface area (Å²) < 4.78 is 20.4. The number of fused-ring (bicyclic) bond motifs is 3. The van der Waals surface area contributed by atoms with Crippen molar-refractivity contribution in [1.29, 1.82) is 0 Å². The van der Waals surface area contributed by atoms with Crippen LogP contribution in [0.5, 0.6) is 5.75 Å². The summed E-state index contributed by atoms with van der Waals surface area (Å²) in [7, 11) is 0. The molecule has 1 fully saturated rings. The van der Waals surface area contributed by atoms with E-state index in [4.69, 9.17) is 11.2 Å². The van der Waals surface area contributed by atoms with Crippen molar-refractivity contribution in [2.45, 2.75) is 64.3 Å². The molecule has 0 spiro atoms. The molecule has 2 aliphatic rings. The summed E-state index contributed by atoms with van der Waals surface area (Å²) in [6.07, 6.45) is 7.55. The van der Waals surface area contributed by atoms with Crippen LogP contribution in [0.2, 0.25) is 0 Å². The predicted molar refractivity (Wildman–Crippen MR) is 147 cm³/mol. The number of hydrogen-bond acceptors (Lipinski definition) is 5. The molecule has 4 N–H and O–H groups in total. The first-order valence-electron chi connectivity index (χ1n) is 13.8. The van der Waals surface area contributed by atoms with Gasteiger partial charge in [0.1, 0.15) is 17.7 Å². The lowest BCUT2D eigenvalue weighted by Crippen LogP contribution is -2.51. The summed E-state index contributed by atoms with van der Waals surface area (Å²) in [5.41, 5.74) is 3.06. The molecule has 7 nitrogen and oxygen atoms in total. The summed E-state index contributed by atoms with van der Waals surface area (Å²) in [6.45, 7) is 3.24. The van der Waals surface area contributed by atoms with Crippen LogP contribution in [0.15, 0.2) is 42.5 Å². The van der Waals surface area contributed by atoms with Gasteiger partial charge in [0.25, 0.3) is 0 Å². The fraction of sp³-hybridized carbons (Fsp3) is 0.484. The van der Waals surface area contributed by atoms with Gasteiger partial charge < -0.3 is 25.8 Å². The number of nitrogens with one attached hydrogen (secondary N) is 3. The SMILES string of the molecule is C#CCC1C2C(=O)NCCCCCc3cc(F)cc(c3)OC(C(O)CNCc3cccc(CC)c3)NC(=O)C12. The lowest BCUT2D eigenvalue weighted by Gasteiger charge is -2.26. The van der Waals surface area contributed by atoms with Gasteiger partial charge in [-0.3, -0.25) is 9.59 Å². The van der Waals surface area contributed by atoms with E-state index in [1.165, 1.54) is 17.7 Å². The number of aliphatic hydroxyl groups excluding tert-OH is 1. The van der Waals surface area contributed by atoms with Gasteiger partial charge in [-0.05, 0) is 60.4 Å². The van der Waals surface area contributed by atoms with Crippen LogP contribution in [-0.2, 0) is 29.0 Å². The fourth-order valence-corrected chi connectivity index (χ4v) is 5.29. The smallest absolute Gasteiger partial charge is 0.227 e. The number of aliphatic hydroxyl groups is 1. The third kappa shape index (κ3) is 7.81. The maximum absolute atomic E-state index is 14.4. The van der Waals surface area contributed by atoms with E-state index in [9.17, 15) is 19.1 Å². The molecule has 2 amide bonds. The van der Waals surface area contributed by atoms with Gasteiger partial charge in [0.2, 0.25) is 11.8 Å². The molecular weight excluding hydrogens is 497 g/mol. The fourth-order valence-electron chi connectivity index (χ4n) is 5.29. The first-order valence-corrected chi connectivity index (χ1v) is 13.8. The van der Waals surface area contributed by atoms with Crippen molar-refractivity contribution in [3.05, 3.63) is 65.0 Å². The lowest BCUT2D eigenvalue weighted by atomic mass is 10.1. The molecule has 5 unspecified atom stereocenters. The van der Waals surface area contributed by atoms with Gasteiger partial charge in [0.05, 0.1) is 11.8 Å². The van der Waals surface area contributed by atoms with Crippen LogP contribution in [-0.4, -0.2) is 42.3 Å². The predicted octanol–water partition coefficient (Wildman–Crippen LogP) is 3.09. The minimum atomic E-state index is -1.16. The van der Waals surface area contributed by atoms with Crippen molar-refractivity contribution in [3.63, 3.8) is 0 Å². The van der Waals surface area contributed by atoms with Gasteiger partial charge in [-0.15, -0.1) is 12.3 Å². The third-order valence-electron chi connectivity index (χ3n) is 7.48. The van der Waals surface area contributed by atoms with Crippen molar-refractivity contribution in [2.24, 2.45) is 17.8 Å². The molecule has 2 aromatic carbocycles. The molecule has 8 heteroatoms. The van der Waals surface area contributed by atoms with Gasteiger partial charge in [0, 0.05) is 32.1 Å². The molecular formula is C31H38FN3O4. The largest absolute Gasteiger partial charge is 0.468 e. The summed E-state index contributed by atoms with van der Waals surface area (Å²) in [5, 5.41) is 20.0. The highest BCUT2D eigenvalue weighted by atomic mass is 19.1. The lowest BCUT2D eigenvalue weighted by molar-refractivity contribution is -0.130. The zero-order valence-electron chi connectivity index (χ0n) is 22.4. The van der Waals surface area contributed by atoms with Crippen LogP contribution >= 0.6 is 0 Å². The number of hydrogen-bond donors (Lipinski definition) is 4. The van der Waals surface area contributed by atoms with Crippen molar-refractivity contribution in [1.82, 2.24) is 16.0 Å². The van der Waals surface area contributed by atoms with Crippen molar-refractivity contribution in [3.8, 4) is 18.1 Å². The average molecular weight is 536 g/mol. The minimum Gasteiger partial charge on any atom is -0.468 e. The Hall–Kier alpha value is -3.41. The number of carbonyl (C=O) groups excluding carboxylic acids is 2. The topological polar surface area (TPSA) is 99.7 Å². The Morgan fingerprint density at radius 2 is 1.92 bits per heavy atom. The molecule has 1 aliphatic heterocycles. The normalized spacial score (nSPS) is 24.4. The Bertz CT molecular complexity index is 1200. The van der Waals surface area contributed by atoms with Crippen molar-refractivity contribution < 1.29 is 23.8 Å². The second kappa shape index (κ2) is 13.6. The summed E-state index contributed by atoms with van der Waals surface area (Å²) in [6, 6.07) is 12.6. The van der Waals surface area contributed by atoms with E-state index in [0.29, 0.717) is 25.9 Å². The zero-order valence-corrected chi connectivity index (χ0v) is 22.4. The van der Waals surface area contributed by atoms with Crippen LogP contribution in [0.25, 0.3) is 0 Å².